The molecule has 0 atom stereocenters. The Morgan fingerprint density at radius 3 is 2.55 bits per heavy atom. The van der Waals surface area contributed by atoms with E-state index in [2.05, 4.69) is 12.1 Å². The van der Waals surface area contributed by atoms with Gasteiger partial charge in [-0.05, 0) is 6.07 Å². The molecule has 11 heavy (non-hydrogen) atoms. The zero-order valence-electron chi connectivity index (χ0n) is 5.20. The largest absolute Gasteiger partial charge is 0.295 e. The molecule has 0 aliphatic rings. The van der Waals surface area contributed by atoms with E-state index < -0.39 is 10.1 Å². The Kier molecular flexibility index (Phi) is 2.17. The molecular weight excluding hydrogens is 188 g/mol. The Morgan fingerprint density at radius 1 is 1.55 bits per heavy atom. The third-order valence-electron chi connectivity index (χ3n) is 0.956. The van der Waals surface area contributed by atoms with Crippen LogP contribution in [0.25, 0.3) is 0 Å². The molecule has 1 rings (SSSR count). The summed E-state index contributed by atoms with van der Waals surface area (Å²) in [6.45, 7) is 0. The third kappa shape index (κ3) is 2.18. The lowest BCUT2D eigenvalue weighted by Crippen LogP contribution is -1.97. The van der Waals surface area contributed by atoms with Crippen LogP contribution in [0.5, 0.6) is 0 Å². The number of hydrogen-bond acceptors (Lipinski definition) is 2. The van der Waals surface area contributed by atoms with Gasteiger partial charge >= 0.3 is 0 Å². The molecule has 0 unspecified atom stereocenters. The van der Waals surface area contributed by atoms with E-state index >= 15 is 0 Å². The maximum absolute atomic E-state index is 10.4. The van der Waals surface area contributed by atoms with Gasteiger partial charge < -0.3 is 0 Å². The van der Waals surface area contributed by atoms with Crippen LogP contribution in [0, 0.1) is 12.1 Å². The van der Waals surface area contributed by atoms with Crippen LogP contribution in [0.2, 0.25) is 5.02 Å². The minimum absolute atomic E-state index is 0.0279. The molecule has 1 aromatic carbocycles. The molecule has 0 heterocycles. The van der Waals surface area contributed by atoms with Crippen molar-refractivity contribution in [3.05, 3.63) is 29.3 Å². The van der Waals surface area contributed by atoms with Gasteiger partial charge in [-0.3, -0.25) is 4.55 Å². The standard InChI is InChI=1S/C6H3ClO3S/c7-5-2-1-3-6(4-5)11(8,9)10/h1,3H,(H,8,9,10). The van der Waals surface area contributed by atoms with Gasteiger partial charge in [-0.15, -0.1) is 0 Å². The summed E-state index contributed by atoms with van der Waals surface area (Å²) in [5.41, 5.74) is 0. The highest BCUT2D eigenvalue weighted by Gasteiger charge is 2.08. The van der Waals surface area contributed by atoms with Crippen LogP contribution in [-0.2, 0) is 10.1 Å². The second-order valence-corrected chi connectivity index (χ2v) is 3.52. The average molecular weight is 191 g/mol. The third-order valence-corrected chi connectivity index (χ3v) is 1.95. The Hall–Kier alpha value is -0.580. The fourth-order valence-electron chi connectivity index (χ4n) is 0.527. The number of hydrogen-bond donors (Lipinski definition) is 1. The molecule has 0 saturated carbocycles. The van der Waals surface area contributed by atoms with E-state index in [0.717, 1.165) is 6.07 Å². The van der Waals surface area contributed by atoms with Crippen molar-refractivity contribution in [2.24, 2.45) is 0 Å². The van der Waals surface area contributed by atoms with Crippen molar-refractivity contribution in [1.29, 1.82) is 0 Å². The molecule has 1 N–H and O–H groups in total. The molecule has 0 aliphatic heterocycles. The Bertz CT molecular complexity index is 358. The molecule has 0 fully saturated rings. The van der Waals surface area contributed by atoms with Crippen molar-refractivity contribution < 1.29 is 13.0 Å². The summed E-state index contributed by atoms with van der Waals surface area (Å²) in [7, 11) is -4.19. The quantitative estimate of drug-likeness (QED) is 0.677. The Morgan fingerprint density at radius 2 is 2.18 bits per heavy atom. The van der Waals surface area contributed by atoms with Gasteiger partial charge in [0, 0.05) is 12.1 Å². The summed E-state index contributed by atoms with van der Waals surface area (Å²) in [5.74, 6) is 0. The monoisotopic (exact) mass is 190 g/mol. The fraction of sp³-hybridized carbons (Fsp3) is 0. The first-order chi connectivity index (χ1) is 5.00. The molecule has 0 saturated heterocycles. The van der Waals surface area contributed by atoms with Gasteiger partial charge in [0.25, 0.3) is 10.1 Å². The summed E-state index contributed by atoms with van der Waals surface area (Å²) < 4.78 is 29.4. The molecule has 5 heteroatoms. The van der Waals surface area contributed by atoms with E-state index in [1.54, 1.807) is 0 Å². The van der Waals surface area contributed by atoms with Crippen LogP contribution in [0.3, 0.4) is 0 Å². The highest BCUT2D eigenvalue weighted by Crippen LogP contribution is 2.12. The smallest absolute Gasteiger partial charge is 0.282 e. The second-order valence-electron chi connectivity index (χ2n) is 1.76. The normalized spacial score (nSPS) is 11.5. The van der Waals surface area contributed by atoms with Crippen LogP contribution in [0.4, 0.5) is 0 Å². The van der Waals surface area contributed by atoms with Crippen molar-refractivity contribution >= 4 is 21.7 Å². The lowest BCUT2D eigenvalue weighted by molar-refractivity contribution is 0.483. The molecule has 1 aromatic rings. The van der Waals surface area contributed by atoms with Gasteiger partial charge in [0.2, 0.25) is 0 Å². The zero-order valence-corrected chi connectivity index (χ0v) is 6.78. The van der Waals surface area contributed by atoms with Crippen molar-refractivity contribution in [2.75, 3.05) is 0 Å². The summed E-state index contributed by atoms with van der Waals surface area (Å²) >= 11 is 5.36. The van der Waals surface area contributed by atoms with Crippen LogP contribution in [0.1, 0.15) is 0 Å². The number of benzene rings is 1. The van der Waals surface area contributed by atoms with Crippen LogP contribution >= 0.6 is 11.6 Å². The molecule has 0 aromatic heterocycles. The van der Waals surface area contributed by atoms with Gasteiger partial charge in [0.15, 0.2) is 0 Å². The van der Waals surface area contributed by atoms with Gasteiger partial charge in [0.1, 0.15) is 4.90 Å². The van der Waals surface area contributed by atoms with Crippen molar-refractivity contribution in [3.8, 4) is 0 Å². The second kappa shape index (κ2) is 2.81. The van der Waals surface area contributed by atoms with Gasteiger partial charge in [0.05, 0.1) is 5.02 Å². The van der Waals surface area contributed by atoms with Crippen LogP contribution in [-0.4, -0.2) is 13.0 Å². The summed E-state index contributed by atoms with van der Waals surface area (Å²) in [5, 5.41) is 0.0279. The van der Waals surface area contributed by atoms with Crippen LogP contribution in [0.15, 0.2) is 17.0 Å². The predicted octanol–water partition coefficient (Wildman–Crippen LogP) is 1.19. The highest BCUT2D eigenvalue weighted by molar-refractivity contribution is 7.85. The van der Waals surface area contributed by atoms with Gasteiger partial charge in [-0.25, -0.2) is 0 Å². The first-order valence-corrected chi connectivity index (χ1v) is 4.39. The average Bonchev–Trinajstić information content (AvgIpc) is 1.86. The van der Waals surface area contributed by atoms with E-state index in [-0.39, 0.29) is 9.92 Å². The molecule has 3 nitrogen and oxygen atoms in total. The van der Waals surface area contributed by atoms with Crippen LogP contribution < -0.4 is 0 Å². The highest BCUT2D eigenvalue weighted by atomic mass is 35.5. The lowest BCUT2D eigenvalue weighted by Gasteiger charge is -1.93. The molecular formula is C6H3ClO3S. The van der Waals surface area contributed by atoms with E-state index in [1.807, 2.05) is 0 Å². The summed E-state index contributed by atoms with van der Waals surface area (Å²) in [6, 6.07) is 7.14. The first-order valence-electron chi connectivity index (χ1n) is 2.57. The Labute approximate surface area is 69.4 Å². The SMILES string of the molecule is O=S(=O)(O)c1[c]c(Cl)[c]cc1. The van der Waals surface area contributed by atoms with E-state index in [1.165, 1.54) is 6.07 Å². The number of halogens is 1. The van der Waals surface area contributed by atoms with Crippen molar-refractivity contribution in [1.82, 2.24) is 0 Å². The lowest BCUT2D eigenvalue weighted by atomic mass is 10.4. The summed E-state index contributed by atoms with van der Waals surface area (Å²) in [6.07, 6.45) is 0. The minimum Gasteiger partial charge on any atom is -0.282 e. The van der Waals surface area contributed by atoms with Gasteiger partial charge in [-0.1, -0.05) is 17.7 Å². The maximum atomic E-state index is 10.4. The molecule has 0 bridgehead atoms. The first kappa shape index (κ1) is 8.52. The number of rotatable bonds is 1. The molecule has 58 valence electrons. The minimum atomic E-state index is -4.19. The Balaban J connectivity index is 3.28. The van der Waals surface area contributed by atoms with Gasteiger partial charge in [-0.2, -0.15) is 8.42 Å². The summed E-state index contributed by atoms with van der Waals surface area (Å²) in [4.78, 5) is -0.346. The topological polar surface area (TPSA) is 54.4 Å². The fourth-order valence-corrected chi connectivity index (χ4v) is 1.22. The van der Waals surface area contributed by atoms with E-state index in [4.69, 9.17) is 16.2 Å². The van der Waals surface area contributed by atoms with Crippen molar-refractivity contribution in [3.63, 3.8) is 0 Å². The van der Waals surface area contributed by atoms with E-state index in [0.29, 0.717) is 0 Å². The predicted molar refractivity (Wildman–Crippen MR) is 38.9 cm³/mol. The zero-order chi connectivity index (χ0) is 8.48. The van der Waals surface area contributed by atoms with E-state index in [9.17, 15) is 8.42 Å². The molecule has 0 spiro atoms. The van der Waals surface area contributed by atoms with Crippen molar-refractivity contribution in [2.45, 2.75) is 4.90 Å². The molecule has 0 aliphatic carbocycles. The molecule has 0 amide bonds. The maximum Gasteiger partial charge on any atom is 0.295 e. The molecule has 2 radical (unpaired) electrons.